The van der Waals surface area contributed by atoms with Crippen LogP contribution in [0.3, 0.4) is 0 Å². The predicted octanol–water partition coefficient (Wildman–Crippen LogP) is 5.58. The Balaban J connectivity index is 1.64. The molecule has 1 aliphatic rings. The molecule has 2 heterocycles. The lowest BCUT2D eigenvalue weighted by molar-refractivity contribution is 0.148. The van der Waals surface area contributed by atoms with E-state index in [0.29, 0.717) is 55.6 Å². The van der Waals surface area contributed by atoms with E-state index in [9.17, 15) is 14.3 Å². The second-order valence-electron chi connectivity index (χ2n) is 8.90. The number of rotatable bonds is 7. The number of hydrogen-bond acceptors (Lipinski definition) is 4. The van der Waals surface area contributed by atoms with Gasteiger partial charge in [-0.25, -0.2) is 13.9 Å². The highest BCUT2D eigenvalue weighted by Crippen LogP contribution is 2.49. The van der Waals surface area contributed by atoms with Crippen LogP contribution < -0.4 is 5.56 Å². The average molecular weight is 504 g/mol. The van der Waals surface area contributed by atoms with Crippen LogP contribution in [0.5, 0.6) is 0 Å². The van der Waals surface area contributed by atoms with E-state index >= 15 is 0 Å². The van der Waals surface area contributed by atoms with E-state index in [1.54, 1.807) is 11.6 Å². The molecule has 0 radical (unpaired) electrons. The molecule has 0 saturated carbocycles. The summed E-state index contributed by atoms with van der Waals surface area (Å²) in [7, 11) is -3.88. The van der Waals surface area contributed by atoms with Crippen molar-refractivity contribution in [1.29, 1.82) is 0 Å². The van der Waals surface area contributed by atoms with Gasteiger partial charge in [-0.1, -0.05) is 48.9 Å². The molecule has 34 heavy (non-hydrogen) atoms. The minimum Gasteiger partial charge on any atom is -0.312 e. The lowest BCUT2D eigenvalue weighted by atomic mass is 10.0. The van der Waals surface area contributed by atoms with Crippen LogP contribution in [0.25, 0.3) is 10.8 Å². The van der Waals surface area contributed by atoms with Gasteiger partial charge in [0.05, 0.1) is 23.2 Å². The zero-order valence-corrected chi connectivity index (χ0v) is 21.2. The van der Waals surface area contributed by atoms with Crippen LogP contribution in [0, 0.1) is 0 Å². The van der Waals surface area contributed by atoms with E-state index < -0.39 is 7.75 Å². The van der Waals surface area contributed by atoms with Crippen LogP contribution in [0.4, 0.5) is 0 Å². The van der Waals surface area contributed by atoms with Crippen molar-refractivity contribution in [2.24, 2.45) is 0 Å². The summed E-state index contributed by atoms with van der Waals surface area (Å²) >= 11 is 6.18. The summed E-state index contributed by atoms with van der Waals surface area (Å²) in [6.07, 6.45) is 2.82. The first kappa shape index (κ1) is 25.1. The smallest absolute Gasteiger partial charge is 0.312 e. The molecule has 4 rings (SSSR count). The van der Waals surface area contributed by atoms with E-state index in [2.05, 4.69) is 0 Å². The highest BCUT2D eigenvalue weighted by Gasteiger charge is 2.34. The molecule has 0 aliphatic carbocycles. The van der Waals surface area contributed by atoms with Gasteiger partial charge in [0, 0.05) is 29.9 Å². The quantitative estimate of drug-likeness (QED) is 0.423. The first-order valence-corrected chi connectivity index (χ1v) is 13.7. The van der Waals surface area contributed by atoms with Crippen molar-refractivity contribution in [2.75, 3.05) is 13.1 Å². The second-order valence-corrected chi connectivity index (χ2v) is 11.1. The van der Waals surface area contributed by atoms with Crippen molar-refractivity contribution < 1.29 is 14.0 Å². The molecule has 3 aromatic rings. The van der Waals surface area contributed by atoms with Gasteiger partial charge in [-0.05, 0) is 56.4 Å². The standard InChI is InChI=1S/C25H31ClN3O4P/c1-3-18(2)33-34(31,32)28-14-7-10-21(13-15-28)29-25(30)23-12-5-4-11-22(23)24(27-29)17-19-8-6-9-20(26)16-19/h4-6,8-9,11-12,16,18,21H,3,7,10,13-15,17H2,1-2H3,(H,31,32). The summed E-state index contributed by atoms with van der Waals surface area (Å²) in [4.78, 5) is 23.9. The molecule has 0 amide bonds. The van der Waals surface area contributed by atoms with Gasteiger partial charge < -0.3 is 4.89 Å². The number of aromatic nitrogens is 2. The molecule has 2 aromatic carbocycles. The summed E-state index contributed by atoms with van der Waals surface area (Å²) in [6.45, 7) is 4.52. The average Bonchev–Trinajstić information content (AvgIpc) is 3.08. The molecule has 1 aromatic heterocycles. The normalized spacial score (nSPS) is 20.1. The maximum atomic E-state index is 13.4. The summed E-state index contributed by atoms with van der Waals surface area (Å²) in [6, 6.07) is 15.0. The lowest BCUT2D eigenvalue weighted by Gasteiger charge is -2.27. The third kappa shape index (κ3) is 5.61. The Morgan fingerprint density at radius 1 is 1.18 bits per heavy atom. The van der Waals surface area contributed by atoms with Gasteiger partial charge >= 0.3 is 7.75 Å². The van der Waals surface area contributed by atoms with Gasteiger partial charge in [-0.3, -0.25) is 9.32 Å². The summed E-state index contributed by atoms with van der Waals surface area (Å²) in [5.41, 5.74) is 1.70. The Bertz CT molecular complexity index is 1260. The van der Waals surface area contributed by atoms with Gasteiger partial charge in [0.2, 0.25) is 0 Å². The lowest BCUT2D eigenvalue weighted by Crippen LogP contribution is -2.30. The van der Waals surface area contributed by atoms with E-state index in [0.717, 1.165) is 16.6 Å². The van der Waals surface area contributed by atoms with E-state index in [1.165, 1.54) is 4.67 Å². The Morgan fingerprint density at radius 3 is 2.68 bits per heavy atom. The molecule has 0 bridgehead atoms. The third-order valence-corrected chi connectivity index (χ3v) is 8.42. The maximum Gasteiger partial charge on any atom is 0.405 e. The highest BCUT2D eigenvalue weighted by molar-refractivity contribution is 7.50. The minimum atomic E-state index is -3.88. The Kier molecular flexibility index (Phi) is 7.90. The van der Waals surface area contributed by atoms with Gasteiger partial charge in [0.1, 0.15) is 0 Å². The van der Waals surface area contributed by atoms with Gasteiger partial charge in [0.15, 0.2) is 0 Å². The van der Waals surface area contributed by atoms with Gasteiger partial charge in [-0.15, -0.1) is 0 Å². The molecule has 1 saturated heterocycles. The highest BCUT2D eigenvalue weighted by atomic mass is 35.5. The van der Waals surface area contributed by atoms with Crippen LogP contribution in [-0.2, 0) is 15.5 Å². The largest absolute Gasteiger partial charge is 0.405 e. The van der Waals surface area contributed by atoms with Crippen LogP contribution in [0.1, 0.15) is 56.8 Å². The number of nitrogens with zero attached hydrogens (tertiary/aromatic N) is 3. The van der Waals surface area contributed by atoms with Crippen LogP contribution in [-0.4, -0.2) is 38.5 Å². The Labute approximate surface area is 204 Å². The van der Waals surface area contributed by atoms with Crippen molar-refractivity contribution in [3.05, 3.63) is 75.2 Å². The number of halogens is 1. The van der Waals surface area contributed by atoms with Crippen molar-refractivity contribution in [1.82, 2.24) is 14.5 Å². The molecule has 1 N–H and O–H groups in total. The van der Waals surface area contributed by atoms with E-state index in [-0.39, 0.29) is 17.7 Å². The summed E-state index contributed by atoms with van der Waals surface area (Å²) in [5, 5.41) is 6.94. The third-order valence-electron chi connectivity index (χ3n) is 6.43. The van der Waals surface area contributed by atoms with Gasteiger partial charge in [0.25, 0.3) is 5.56 Å². The number of benzene rings is 2. The number of fused-ring (bicyclic) bond motifs is 1. The SMILES string of the molecule is CCC(C)OP(=O)(O)N1CCCC(n2nc(Cc3cccc(Cl)c3)c3ccccc3c2=O)CC1. The monoisotopic (exact) mass is 503 g/mol. The molecule has 1 aliphatic heterocycles. The van der Waals surface area contributed by atoms with Crippen LogP contribution in [0.2, 0.25) is 5.02 Å². The van der Waals surface area contributed by atoms with Crippen molar-refractivity contribution in [2.45, 2.75) is 58.1 Å². The van der Waals surface area contributed by atoms with Crippen molar-refractivity contribution in [3.63, 3.8) is 0 Å². The fraction of sp³-hybridized carbons (Fsp3) is 0.440. The Morgan fingerprint density at radius 2 is 1.94 bits per heavy atom. The molecule has 7 nitrogen and oxygen atoms in total. The minimum absolute atomic E-state index is 0.132. The number of hydrogen-bond donors (Lipinski definition) is 1. The molecule has 0 spiro atoms. The van der Waals surface area contributed by atoms with Crippen molar-refractivity contribution >= 4 is 30.1 Å². The maximum absolute atomic E-state index is 13.4. The van der Waals surface area contributed by atoms with Crippen LogP contribution >= 0.6 is 19.3 Å². The fourth-order valence-electron chi connectivity index (χ4n) is 4.43. The summed E-state index contributed by atoms with van der Waals surface area (Å²) in [5.74, 6) is 0. The first-order valence-electron chi connectivity index (χ1n) is 11.8. The molecule has 9 heteroatoms. The van der Waals surface area contributed by atoms with Crippen LogP contribution in [0.15, 0.2) is 53.3 Å². The zero-order valence-electron chi connectivity index (χ0n) is 19.6. The van der Waals surface area contributed by atoms with E-state index in [4.69, 9.17) is 21.2 Å². The first-order chi connectivity index (χ1) is 16.3. The van der Waals surface area contributed by atoms with Gasteiger partial charge in [-0.2, -0.15) is 5.10 Å². The molecular formula is C25H31ClN3O4P. The molecule has 182 valence electrons. The van der Waals surface area contributed by atoms with Crippen molar-refractivity contribution in [3.8, 4) is 0 Å². The summed E-state index contributed by atoms with van der Waals surface area (Å²) < 4.78 is 21.4. The zero-order chi connectivity index (χ0) is 24.3. The molecule has 3 atom stereocenters. The molecular weight excluding hydrogens is 473 g/mol. The second kappa shape index (κ2) is 10.7. The predicted molar refractivity (Wildman–Crippen MR) is 135 cm³/mol. The molecule has 3 unspecified atom stereocenters. The fourth-order valence-corrected chi connectivity index (χ4v) is 6.16. The molecule has 1 fully saturated rings. The van der Waals surface area contributed by atoms with E-state index in [1.807, 2.05) is 55.5 Å². The topological polar surface area (TPSA) is 84.7 Å². The Hall–Kier alpha value is -2.02.